The molecule has 0 aliphatic carbocycles. The Labute approximate surface area is 120 Å². The maximum Gasteiger partial charge on any atom is 0.126 e. The van der Waals surface area contributed by atoms with Crippen LogP contribution in [0.3, 0.4) is 0 Å². The fourth-order valence-corrected chi connectivity index (χ4v) is 2.64. The highest BCUT2D eigenvalue weighted by Gasteiger charge is 2.21. The number of hydrogen-bond donors (Lipinski definition) is 0. The molecular formula is C18H20O2. The van der Waals surface area contributed by atoms with Gasteiger partial charge in [-0.3, -0.25) is 0 Å². The van der Waals surface area contributed by atoms with E-state index in [9.17, 15) is 0 Å². The van der Waals surface area contributed by atoms with Crippen molar-refractivity contribution < 1.29 is 9.47 Å². The Kier molecular flexibility index (Phi) is 3.64. The van der Waals surface area contributed by atoms with E-state index in [1.54, 1.807) is 0 Å². The van der Waals surface area contributed by atoms with Crippen LogP contribution in [0.25, 0.3) is 0 Å². The van der Waals surface area contributed by atoms with Gasteiger partial charge in [-0.2, -0.15) is 0 Å². The molecule has 1 heterocycles. The minimum absolute atomic E-state index is 0.189. The third-order valence-electron chi connectivity index (χ3n) is 3.59. The van der Waals surface area contributed by atoms with Gasteiger partial charge in [0, 0.05) is 12.0 Å². The van der Waals surface area contributed by atoms with E-state index in [0.29, 0.717) is 5.92 Å². The standard InChI is InChI=1S/C18H20O2/c1-13(2)20-17-9-8-15-10-16(12-19-18(15)11-17)14-6-4-3-5-7-14/h3-9,11,13,16H,10,12H2,1-2H3. The summed E-state index contributed by atoms with van der Waals surface area (Å²) in [5.74, 6) is 2.30. The van der Waals surface area contributed by atoms with Crippen molar-refractivity contribution in [2.75, 3.05) is 6.61 Å². The molecule has 1 atom stereocenters. The molecule has 0 radical (unpaired) electrons. The molecule has 0 spiro atoms. The number of hydrogen-bond acceptors (Lipinski definition) is 2. The Morgan fingerprint density at radius 2 is 1.90 bits per heavy atom. The summed E-state index contributed by atoms with van der Waals surface area (Å²) in [5, 5.41) is 0. The van der Waals surface area contributed by atoms with Gasteiger partial charge in [0.1, 0.15) is 11.5 Å². The fourth-order valence-electron chi connectivity index (χ4n) is 2.64. The summed E-state index contributed by atoms with van der Waals surface area (Å²) in [6.45, 7) is 4.81. The minimum atomic E-state index is 0.189. The SMILES string of the molecule is CC(C)Oc1ccc2c(c1)OCC(c1ccccc1)C2. The number of ether oxygens (including phenoxy) is 2. The second-order valence-corrected chi connectivity index (χ2v) is 5.56. The van der Waals surface area contributed by atoms with E-state index in [-0.39, 0.29) is 6.10 Å². The van der Waals surface area contributed by atoms with Gasteiger partial charge in [-0.15, -0.1) is 0 Å². The maximum atomic E-state index is 5.93. The van der Waals surface area contributed by atoms with Crippen LogP contribution in [0.2, 0.25) is 0 Å². The van der Waals surface area contributed by atoms with Crippen molar-refractivity contribution in [1.29, 1.82) is 0 Å². The van der Waals surface area contributed by atoms with Crippen LogP contribution in [0.1, 0.15) is 30.9 Å². The number of fused-ring (bicyclic) bond motifs is 1. The lowest BCUT2D eigenvalue weighted by atomic mass is 9.90. The molecule has 1 aliphatic rings. The molecule has 2 nitrogen and oxygen atoms in total. The lowest BCUT2D eigenvalue weighted by molar-refractivity contribution is 0.234. The van der Waals surface area contributed by atoms with Crippen molar-refractivity contribution in [3.8, 4) is 11.5 Å². The average molecular weight is 268 g/mol. The van der Waals surface area contributed by atoms with E-state index in [2.05, 4.69) is 36.4 Å². The van der Waals surface area contributed by atoms with Crippen LogP contribution < -0.4 is 9.47 Å². The number of benzene rings is 2. The van der Waals surface area contributed by atoms with Crippen LogP contribution in [0.15, 0.2) is 48.5 Å². The van der Waals surface area contributed by atoms with Gasteiger partial charge in [0.15, 0.2) is 0 Å². The van der Waals surface area contributed by atoms with E-state index in [0.717, 1.165) is 24.5 Å². The van der Waals surface area contributed by atoms with E-state index >= 15 is 0 Å². The minimum Gasteiger partial charge on any atom is -0.493 e. The Bertz CT molecular complexity index is 575. The monoisotopic (exact) mass is 268 g/mol. The maximum absolute atomic E-state index is 5.93. The average Bonchev–Trinajstić information content (AvgIpc) is 2.47. The summed E-state index contributed by atoms with van der Waals surface area (Å²) in [7, 11) is 0. The van der Waals surface area contributed by atoms with Crippen molar-refractivity contribution >= 4 is 0 Å². The largest absolute Gasteiger partial charge is 0.493 e. The molecule has 0 aromatic heterocycles. The lowest BCUT2D eigenvalue weighted by Gasteiger charge is -2.26. The zero-order valence-corrected chi connectivity index (χ0v) is 12.0. The Balaban J connectivity index is 1.79. The van der Waals surface area contributed by atoms with E-state index in [4.69, 9.17) is 9.47 Å². The van der Waals surface area contributed by atoms with Crippen molar-refractivity contribution in [2.24, 2.45) is 0 Å². The zero-order valence-electron chi connectivity index (χ0n) is 12.0. The predicted molar refractivity (Wildman–Crippen MR) is 80.6 cm³/mol. The van der Waals surface area contributed by atoms with Crippen molar-refractivity contribution in [2.45, 2.75) is 32.3 Å². The van der Waals surface area contributed by atoms with Crippen LogP contribution in [-0.2, 0) is 6.42 Å². The van der Waals surface area contributed by atoms with Crippen LogP contribution in [0.5, 0.6) is 11.5 Å². The van der Waals surface area contributed by atoms with Crippen molar-refractivity contribution in [3.63, 3.8) is 0 Å². The van der Waals surface area contributed by atoms with Crippen LogP contribution >= 0.6 is 0 Å². The third-order valence-corrected chi connectivity index (χ3v) is 3.59. The third kappa shape index (κ3) is 2.79. The number of rotatable bonds is 3. The quantitative estimate of drug-likeness (QED) is 0.831. The first-order valence-corrected chi connectivity index (χ1v) is 7.19. The molecule has 1 aliphatic heterocycles. The molecule has 104 valence electrons. The molecular weight excluding hydrogens is 248 g/mol. The summed E-state index contributed by atoms with van der Waals surface area (Å²) in [6.07, 6.45) is 1.22. The topological polar surface area (TPSA) is 18.5 Å². The second-order valence-electron chi connectivity index (χ2n) is 5.56. The fraction of sp³-hybridized carbons (Fsp3) is 0.333. The Morgan fingerprint density at radius 3 is 2.65 bits per heavy atom. The molecule has 0 bridgehead atoms. The molecule has 2 aromatic rings. The molecule has 1 unspecified atom stereocenters. The molecule has 0 fully saturated rings. The van der Waals surface area contributed by atoms with Gasteiger partial charge in [-0.05, 0) is 37.5 Å². The van der Waals surface area contributed by atoms with Gasteiger partial charge in [0.2, 0.25) is 0 Å². The van der Waals surface area contributed by atoms with Gasteiger partial charge >= 0.3 is 0 Å². The molecule has 0 N–H and O–H groups in total. The predicted octanol–water partition coefficient (Wildman–Crippen LogP) is 4.19. The summed E-state index contributed by atoms with van der Waals surface area (Å²) in [6, 6.07) is 16.8. The van der Waals surface area contributed by atoms with Gasteiger partial charge < -0.3 is 9.47 Å². The van der Waals surface area contributed by atoms with Crippen LogP contribution in [0.4, 0.5) is 0 Å². The molecule has 3 rings (SSSR count). The van der Waals surface area contributed by atoms with E-state index in [1.807, 2.05) is 26.0 Å². The molecule has 0 saturated heterocycles. The van der Waals surface area contributed by atoms with Gasteiger partial charge in [0.25, 0.3) is 0 Å². The summed E-state index contributed by atoms with van der Waals surface area (Å²) >= 11 is 0. The first-order chi connectivity index (χ1) is 9.72. The molecule has 2 aromatic carbocycles. The van der Waals surface area contributed by atoms with Gasteiger partial charge in [0.05, 0.1) is 12.7 Å². The highest BCUT2D eigenvalue weighted by Crippen LogP contribution is 2.34. The lowest BCUT2D eigenvalue weighted by Crippen LogP contribution is -2.19. The highest BCUT2D eigenvalue weighted by atomic mass is 16.5. The Hall–Kier alpha value is -1.96. The van der Waals surface area contributed by atoms with Gasteiger partial charge in [-0.25, -0.2) is 0 Å². The Morgan fingerprint density at radius 1 is 1.10 bits per heavy atom. The molecule has 2 heteroatoms. The summed E-state index contributed by atoms with van der Waals surface area (Å²) in [5.41, 5.74) is 2.61. The van der Waals surface area contributed by atoms with Crippen LogP contribution in [-0.4, -0.2) is 12.7 Å². The first kappa shape index (κ1) is 13.0. The highest BCUT2D eigenvalue weighted by molar-refractivity contribution is 5.43. The first-order valence-electron chi connectivity index (χ1n) is 7.19. The summed E-state index contributed by atoms with van der Waals surface area (Å²) < 4.78 is 11.6. The summed E-state index contributed by atoms with van der Waals surface area (Å²) in [4.78, 5) is 0. The van der Waals surface area contributed by atoms with Crippen LogP contribution in [0, 0.1) is 0 Å². The van der Waals surface area contributed by atoms with Crippen molar-refractivity contribution in [3.05, 3.63) is 59.7 Å². The zero-order chi connectivity index (χ0) is 13.9. The molecule has 0 amide bonds. The van der Waals surface area contributed by atoms with E-state index < -0.39 is 0 Å². The molecule has 20 heavy (non-hydrogen) atoms. The van der Waals surface area contributed by atoms with Gasteiger partial charge in [-0.1, -0.05) is 36.4 Å². The second kappa shape index (κ2) is 5.58. The molecule has 0 saturated carbocycles. The van der Waals surface area contributed by atoms with Crippen molar-refractivity contribution in [1.82, 2.24) is 0 Å². The smallest absolute Gasteiger partial charge is 0.126 e. The normalized spacial score (nSPS) is 17.4. The van der Waals surface area contributed by atoms with E-state index in [1.165, 1.54) is 11.1 Å².